The molecule has 1 amide bonds. The summed E-state index contributed by atoms with van der Waals surface area (Å²) in [6.45, 7) is 1.48. The Morgan fingerprint density at radius 1 is 1.08 bits per heavy atom. The molecule has 8 heteroatoms. The zero-order valence-electron chi connectivity index (χ0n) is 13.1. The number of anilines is 1. The highest BCUT2D eigenvalue weighted by molar-refractivity contribution is 9.10. The molecule has 2 N–H and O–H groups in total. The smallest absolute Gasteiger partial charge is 0.242 e. The highest BCUT2D eigenvalue weighted by atomic mass is 79.9. The fraction of sp³-hybridized carbons (Fsp3) is 0.188. The van der Waals surface area contributed by atoms with Crippen LogP contribution in [-0.4, -0.2) is 27.5 Å². The minimum Gasteiger partial charge on any atom is -0.497 e. The maximum absolute atomic E-state index is 12.3. The average molecular weight is 413 g/mol. The van der Waals surface area contributed by atoms with Gasteiger partial charge in [-0.15, -0.1) is 0 Å². The second-order valence-corrected chi connectivity index (χ2v) is 7.64. The number of methoxy groups -OCH3 is 1. The monoisotopic (exact) mass is 412 g/mol. The van der Waals surface area contributed by atoms with Gasteiger partial charge < -0.3 is 10.1 Å². The minimum absolute atomic E-state index is 0.0924. The molecule has 0 heterocycles. The van der Waals surface area contributed by atoms with Crippen LogP contribution < -0.4 is 14.8 Å². The number of carbonyl (C=O) groups excluding carboxylic acids is 1. The Balaban J connectivity index is 2.03. The van der Waals surface area contributed by atoms with Crippen LogP contribution in [0, 0.1) is 0 Å². The van der Waals surface area contributed by atoms with E-state index in [0.717, 1.165) is 4.47 Å². The van der Waals surface area contributed by atoms with Gasteiger partial charge in [-0.3, -0.25) is 4.79 Å². The van der Waals surface area contributed by atoms with Crippen molar-refractivity contribution in [2.75, 3.05) is 12.4 Å². The summed E-state index contributed by atoms with van der Waals surface area (Å²) >= 11 is 3.25. The molecule has 0 aliphatic heterocycles. The lowest BCUT2D eigenvalue weighted by atomic mass is 10.2. The Labute approximate surface area is 149 Å². The summed E-state index contributed by atoms with van der Waals surface area (Å²) in [4.78, 5) is 12.2. The second-order valence-electron chi connectivity index (χ2n) is 5.01. The lowest BCUT2D eigenvalue weighted by Crippen LogP contribution is -2.41. The van der Waals surface area contributed by atoms with E-state index in [1.54, 1.807) is 43.5 Å². The van der Waals surface area contributed by atoms with E-state index in [0.29, 0.717) is 11.4 Å². The van der Waals surface area contributed by atoms with Gasteiger partial charge >= 0.3 is 0 Å². The van der Waals surface area contributed by atoms with Gasteiger partial charge in [0.2, 0.25) is 15.9 Å². The fourth-order valence-corrected chi connectivity index (χ4v) is 3.36. The van der Waals surface area contributed by atoms with E-state index in [1.165, 1.54) is 19.1 Å². The van der Waals surface area contributed by atoms with Crippen LogP contribution in [0.4, 0.5) is 5.69 Å². The zero-order chi connectivity index (χ0) is 17.7. The maximum Gasteiger partial charge on any atom is 0.242 e. The number of rotatable bonds is 6. The minimum atomic E-state index is -3.78. The first-order valence-corrected chi connectivity index (χ1v) is 9.32. The first kappa shape index (κ1) is 18.4. The van der Waals surface area contributed by atoms with E-state index in [4.69, 9.17) is 4.74 Å². The molecule has 0 radical (unpaired) electrons. The Bertz CT molecular complexity index is 805. The molecule has 2 aromatic rings. The lowest BCUT2D eigenvalue weighted by molar-refractivity contribution is -0.117. The molecule has 24 heavy (non-hydrogen) atoms. The van der Waals surface area contributed by atoms with E-state index in [2.05, 4.69) is 26.0 Å². The van der Waals surface area contributed by atoms with Crippen molar-refractivity contribution in [3.8, 4) is 5.75 Å². The maximum atomic E-state index is 12.3. The molecule has 2 aromatic carbocycles. The SMILES string of the molecule is COc1ccc(NC(=O)[C@@H](C)NS(=O)(=O)c2ccc(Br)cc2)cc1. The van der Waals surface area contributed by atoms with Crippen LogP contribution in [0.1, 0.15) is 6.92 Å². The Kier molecular flexibility index (Phi) is 5.98. The first-order valence-electron chi connectivity index (χ1n) is 7.04. The number of ether oxygens (including phenoxy) is 1. The number of nitrogens with one attached hydrogen (secondary N) is 2. The molecule has 1 atom stereocenters. The summed E-state index contributed by atoms with van der Waals surface area (Å²) < 4.78 is 32.7. The van der Waals surface area contributed by atoms with Crippen molar-refractivity contribution >= 4 is 37.5 Å². The van der Waals surface area contributed by atoms with Crippen LogP contribution in [-0.2, 0) is 14.8 Å². The number of hydrogen-bond acceptors (Lipinski definition) is 4. The van der Waals surface area contributed by atoms with Gasteiger partial charge in [0.05, 0.1) is 18.0 Å². The standard InChI is InChI=1S/C16H17BrN2O4S/c1-11(16(20)18-13-5-7-14(23-2)8-6-13)19-24(21,22)15-9-3-12(17)4-10-15/h3-11,19H,1-2H3,(H,18,20)/t11-/m1/s1. The van der Waals surface area contributed by atoms with Gasteiger partial charge in [0, 0.05) is 10.2 Å². The van der Waals surface area contributed by atoms with Gasteiger partial charge in [0.25, 0.3) is 0 Å². The largest absolute Gasteiger partial charge is 0.497 e. The van der Waals surface area contributed by atoms with Crippen molar-refractivity contribution in [2.24, 2.45) is 0 Å². The van der Waals surface area contributed by atoms with Crippen molar-refractivity contribution in [1.82, 2.24) is 4.72 Å². The normalized spacial score (nSPS) is 12.5. The quantitative estimate of drug-likeness (QED) is 0.763. The van der Waals surface area contributed by atoms with Crippen molar-refractivity contribution in [3.63, 3.8) is 0 Å². The topological polar surface area (TPSA) is 84.5 Å². The summed E-state index contributed by atoms with van der Waals surface area (Å²) in [6, 6.07) is 12.0. The third-order valence-electron chi connectivity index (χ3n) is 3.21. The Hall–Kier alpha value is -1.90. The zero-order valence-corrected chi connectivity index (χ0v) is 15.5. The number of benzene rings is 2. The average Bonchev–Trinajstić information content (AvgIpc) is 2.55. The molecule has 0 saturated carbocycles. The number of sulfonamides is 1. The number of halogens is 1. The van der Waals surface area contributed by atoms with E-state index in [-0.39, 0.29) is 4.90 Å². The summed E-state index contributed by atoms with van der Waals surface area (Å²) in [5, 5.41) is 2.65. The third-order valence-corrected chi connectivity index (χ3v) is 5.29. The lowest BCUT2D eigenvalue weighted by Gasteiger charge is -2.14. The van der Waals surface area contributed by atoms with Gasteiger partial charge in [0.1, 0.15) is 5.75 Å². The molecule has 0 aliphatic rings. The predicted octanol–water partition coefficient (Wildman–Crippen LogP) is 2.76. The van der Waals surface area contributed by atoms with Gasteiger partial charge in [-0.25, -0.2) is 8.42 Å². The molecule has 128 valence electrons. The molecule has 6 nitrogen and oxygen atoms in total. The third kappa shape index (κ3) is 4.80. The van der Waals surface area contributed by atoms with E-state index in [9.17, 15) is 13.2 Å². The van der Waals surface area contributed by atoms with Crippen molar-refractivity contribution in [1.29, 1.82) is 0 Å². The van der Waals surface area contributed by atoms with Crippen molar-refractivity contribution < 1.29 is 17.9 Å². The highest BCUT2D eigenvalue weighted by Gasteiger charge is 2.22. The molecule has 0 unspecified atom stereocenters. The fourth-order valence-electron chi connectivity index (χ4n) is 1.89. The summed E-state index contributed by atoms with van der Waals surface area (Å²) in [5.41, 5.74) is 0.551. The van der Waals surface area contributed by atoms with Gasteiger partial charge in [-0.1, -0.05) is 15.9 Å². The molecule has 0 aromatic heterocycles. The second kappa shape index (κ2) is 7.78. The van der Waals surface area contributed by atoms with Gasteiger partial charge in [-0.2, -0.15) is 4.72 Å². The first-order chi connectivity index (χ1) is 11.3. The van der Waals surface area contributed by atoms with E-state index < -0.39 is 22.0 Å². The Morgan fingerprint density at radius 2 is 1.67 bits per heavy atom. The number of amides is 1. The van der Waals surface area contributed by atoms with Crippen LogP contribution in [0.3, 0.4) is 0 Å². The Morgan fingerprint density at radius 3 is 2.21 bits per heavy atom. The van der Waals surface area contributed by atoms with Crippen molar-refractivity contribution in [2.45, 2.75) is 17.9 Å². The van der Waals surface area contributed by atoms with E-state index >= 15 is 0 Å². The molecule has 0 fully saturated rings. The van der Waals surface area contributed by atoms with Crippen LogP contribution in [0.2, 0.25) is 0 Å². The van der Waals surface area contributed by atoms with E-state index in [1.807, 2.05) is 0 Å². The van der Waals surface area contributed by atoms with Gasteiger partial charge in [-0.05, 0) is 55.5 Å². The highest BCUT2D eigenvalue weighted by Crippen LogP contribution is 2.16. The molecule has 0 bridgehead atoms. The van der Waals surface area contributed by atoms with Crippen LogP contribution in [0.15, 0.2) is 57.9 Å². The number of carbonyl (C=O) groups is 1. The van der Waals surface area contributed by atoms with Crippen LogP contribution >= 0.6 is 15.9 Å². The predicted molar refractivity (Wildman–Crippen MR) is 95.5 cm³/mol. The van der Waals surface area contributed by atoms with Crippen LogP contribution in [0.5, 0.6) is 5.75 Å². The summed E-state index contributed by atoms with van der Waals surface area (Å²) in [6.07, 6.45) is 0. The summed E-state index contributed by atoms with van der Waals surface area (Å²) in [5.74, 6) is 0.206. The molecule has 0 aliphatic carbocycles. The van der Waals surface area contributed by atoms with Gasteiger partial charge in [0.15, 0.2) is 0 Å². The van der Waals surface area contributed by atoms with Crippen LogP contribution in [0.25, 0.3) is 0 Å². The molecule has 0 saturated heterocycles. The molecular weight excluding hydrogens is 396 g/mol. The summed E-state index contributed by atoms with van der Waals surface area (Å²) in [7, 11) is -2.23. The molecular formula is C16H17BrN2O4S. The number of hydrogen-bond donors (Lipinski definition) is 2. The molecule has 2 rings (SSSR count). The molecule has 0 spiro atoms. The van der Waals surface area contributed by atoms with Crippen molar-refractivity contribution in [3.05, 3.63) is 53.0 Å².